The standard InChI is InChI=1S/C34H63NO3/c1-3-5-7-9-11-13-15-16-17-18-19-20-22-24-26-28-32-31(34(37)38)30-33(36)35(32)29-27-25-23-21-14-12-10-8-6-4-2/h16-17,31-32H,3-15,18-30H2,1-2H3,(H,37,38)/b17-16-. The van der Waals surface area contributed by atoms with E-state index < -0.39 is 11.9 Å². The minimum absolute atomic E-state index is 0.0612. The highest BCUT2D eigenvalue weighted by molar-refractivity contribution is 5.87. The third-order valence-electron chi connectivity index (χ3n) is 8.41. The SMILES string of the molecule is CCCCCCCC/C=C\CCCCCCCC1C(C(=O)O)CC(=O)N1CCCCCCCCCCCC. The normalized spacial score (nSPS) is 17.7. The van der Waals surface area contributed by atoms with Crippen LogP contribution in [0.4, 0.5) is 0 Å². The summed E-state index contributed by atoms with van der Waals surface area (Å²) in [6.07, 6.45) is 35.0. The fourth-order valence-corrected chi connectivity index (χ4v) is 5.94. The molecule has 0 radical (unpaired) electrons. The van der Waals surface area contributed by atoms with Crippen LogP contribution in [0.25, 0.3) is 0 Å². The van der Waals surface area contributed by atoms with E-state index in [4.69, 9.17) is 0 Å². The Morgan fingerprint density at radius 1 is 0.684 bits per heavy atom. The Morgan fingerprint density at radius 2 is 1.11 bits per heavy atom. The molecule has 2 unspecified atom stereocenters. The van der Waals surface area contributed by atoms with Gasteiger partial charge >= 0.3 is 5.97 Å². The van der Waals surface area contributed by atoms with Crippen LogP contribution >= 0.6 is 0 Å². The summed E-state index contributed by atoms with van der Waals surface area (Å²) in [6, 6.07) is -0.0940. The molecule has 2 atom stereocenters. The number of likely N-dealkylation sites (tertiary alicyclic amines) is 1. The molecular formula is C34H63NO3. The molecule has 4 heteroatoms. The van der Waals surface area contributed by atoms with Crippen LogP contribution in [-0.2, 0) is 9.59 Å². The molecule has 222 valence electrons. The number of rotatable bonds is 27. The van der Waals surface area contributed by atoms with Crippen molar-refractivity contribution in [1.29, 1.82) is 0 Å². The first-order valence-electron chi connectivity index (χ1n) is 16.8. The van der Waals surface area contributed by atoms with Crippen LogP contribution in [0.3, 0.4) is 0 Å². The molecule has 1 saturated heterocycles. The first-order valence-corrected chi connectivity index (χ1v) is 16.8. The molecule has 0 aromatic carbocycles. The van der Waals surface area contributed by atoms with Crippen molar-refractivity contribution in [3.05, 3.63) is 12.2 Å². The molecule has 1 amide bonds. The maximum absolute atomic E-state index is 12.6. The quantitative estimate of drug-likeness (QED) is 0.0844. The number of hydrogen-bond donors (Lipinski definition) is 1. The summed E-state index contributed by atoms with van der Waals surface area (Å²) in [5, 5.41) is 9.71. The molecule has 0 aromatic rings. The van der Waals surface area contributed by atoms with Crippen molar-refractivity contribution < 1.29 is 14.7 Å². The first-order chi connectivity index (χ1) is 18.6. The van der Waals surface area contributed by atoms with Gasteiger partial charge in [-0.05, 0) is 38.5 Å². The van der Waals surface area contributed by atoms with E-state index in [-0.39, 0.29) is 18.4 Å². The number of carboxylic acids is 1. The fraction of sp³-hybridized carbons (Fsp3) is 0.882. The molecule has 0 aromatic heterocycles. The molecule has 1 aliphatic rings. The minimum Gasteiger partial charge on any atom is -0.481 e. The summed E-state index contributed by atoms with van der Waals surface area (Å²) >= 11 is 0. The van der Waals surface area contributed by atoms with Crippen LogP contribution in [0.1, 0.15) is 174 Å². The maximum Gasteiger partial charge on any atom is 0.309 e. The summed E-state index contributed by atoms with van der Waals surface area (Å²) in [7, 11) is 0. The zero-order chi connectivity index (χ0) is 27.7. The highest BCUT2D eigenvalue weighted by atomic mass is 16.4. The number of carbonyl (C=O) groups is 2. The number of carboxylic acid groups (broad SMARTS) is 1. The topological polar surface area (TPSA) is 57.6 Å². The highest BCUT2D eigenvalue weighted by Gasteiger charge is 2.42. The number of amides is 1. The van der Waals surface area contributed by atoms with E-state index in [0.717, 1.165) is 38.6 Å². The van der Waals surface area contributed by atoms with Gasteiger partial charge in [0.2, 0.25) is 5.91 Å². The lowest BCUT2D eigenvalue weighted by atomic mass is 9.94. The molecule has 0 spiro atoms. The van der Waals surface area contributed by atoms with Crippen molar-refractivity contribution in [2.24, 2.45) is 5.92 Å². The van der Waals surface area contributed by atoms with E-state index in [1.807, 2.05) is 4.90 Å². The molecule has 0 saturated carbocycles. The van der Waals surface area contributed by atoms with Gasteiger partial charge in [-0.2, -0.15) is 0 Å². The van der Waals surface area contributed by atoms with Crippen LogP contribution < -0.4 is 0 Å². The predicted molar refractivity (Wildman–Crippen MR) is 163 cm³/mol. The molecule has 1 N–H and O–H groups in total. The van der Waals surface area contributed by atoms with Gasteiger partial charge in [-0.1, -0.05) is 142 Å². The van der Waals surface area contributed by atoms with Gasteiger partial charge in [0.05, 0.1) is 5.92 Å². The van der Waals surface area contributed by atoms with E-state index in [1.54, 1.807) is 0 Å². The van der Waals surface area contributed by atoms with Crippen LogP contribution in [0.5, 0.6) is 0 Å². The third-order valence-corrected chi connectivity index (χ3v) is 8.41. The van der Waals surface area contributed by atoms with Gasteiger partial charge in [-0.25, -0.2) is 0 Å². The molecule has 1 heterocycles. The Hall–Kier alpha value is -1.32. The van der Waals surface area contributed by atoms with Crippen LogP contribution in [-0.4, -0.2) is 34.5 Å². The second-order valence-corrected chi connectivity index (χ2v) is 11.9. The molecule has 38 heavy (non-hydrogen) atoms. The highest BCUT2D eigenvalue weighted by Crippen LogP contribution is 2.30. The van der Waals surface area contributed by atoms with Crippen molar-refractivity contribution in [2.45, 2.75) is 180 Å². The number of carbonyl (C=O) groups excluding carboxylic acids is 1. The monoisotopic (exact) mass is 533 g/mol. The number of allylic oxidation sites excluding steroid dienone is 2. The van der Waals surface area contributed by atoms with E-state index in [1.165, 1.54) is 122 Å². The summed E-state index contributed by atoms with van der Waals surface area (Å²) in [5.74, 6) is -1.24. The predicted octanol–water partition coefficient (Wildman–Crippen LogP) is 10.2. The number of hydrogen-bond acceptors (Lipinski definition) is 2. The molecule has 0 bridgehead atoms. The summed E-state index contributed by atoms with van der Waals surface area (Å²) in [6.45, 7) is 5.27. The Balaban J connectivity index is 2.13. The van der Waals surface area contributed by atoms with E-state index in [2.05, 4.69) is 26.0 Å². The lowest BCUT2D eigenvalue weighted by molar-refractivity contribution is -0.142. The number of aliphatic carboxylic acids is 1. The summed E-state index contributed by atoms with van der Waals surface area (Å²) < 4.78 is 0. The van der Waals surface area contributed by atoms with E-state index in [0.29, 0.717) is 0 Å². The van der Waals surface area contributed by atoms with Gasteiger partial charge in [-0.15, -0.1) is 0 Å². The van der Waals surface area contributed by atoms with Crippen molar-refractivity contribution in [3.8, 4) is 0 Å². The molecule has 1 aliphatic heterocycles. The summed E-state index contributed by atoms with van der Waals surface area (Å²) in [5.41, 5.74) is 0. The Labute approximate surface area is 236 Å². The van der Waals surface area contributed by atoms with Gasteiger partial charge in [0.25, 0.3) is 0 Å². The maximum atomic E-state index is 12.6. The molecule has 0 aliphatic carbocycles. The van der Waals surface area contributed by atoms with Crippen molar-refractivity contribution in [3.63, 3.8) is 0 Å². The van der Waals surface area contributed by atoms with Crippen molar-refractivity contribution >= 4 is 11.9 Å². The van der Waals surface area contributed by atoms with E-state index >= 15 is 0 Å². The van der Waals surface area contributed by atoms with Gasteiger partial charge in [0, 0.05) is 19.0 Å². The average Bonchev–Trinajstić information content (AvgIpc) is 3.22. The first kappa shape index (κ1) is 34.7. The lowest BCUT2D eigenvalue weighted by Gasteiger charge is -2.27. The average molecular weight is 534 g/mol. The Morgan fingerprint density at radius 3 is 1.58 bits per heavy atom. The largest absolute Gasteiger partial charge is 0.481 e. The second kappa shape index (κ2) is 24.7. The third kappa shape index (κ3) is 17.3. The van der Waals surface area contributed by atoms with E-state index in [9.17, 15) is 14.7 Å². The number of nitrogens with zero attached hydrogens (tertiary/aromatic N) is 1. The van der Waals surface area contributed by atoms with Crippen LogP contribution in [0, 0.1) is 5.92 Å². The zero-order valence-corrected chi connectivity index (χ0v) is 25.4. The molecule has 1 rings (SSSR count). The fourth-order valence-electron chi connectivity index (χ4n) is 5.94. The molecule has 1 fully saturated rings. The van der Waals surface area contributed by atoms with Crippen LogP contribution in [0.15, 0.2) is 12.2 Å². The Bertz CT molecular complexity index is 603. The molecular weight excluding hydrogens is 470 g/mol. The van der Waals surface area contributed by atoms with Gasteiger partial charge in [-0.3, -0.25) is 9.59 Å². The van der Waals surface area contributed by atoms with Crippen LogP contribution in [0.2, 0.25) is 0 Å². The lowest BCUT2D eigenvalue weighted by Crippen LogP contribution is -2.38. The minimum atomic E-state index is -0.790. The van der Waals surface area contributed by atoms with Gasteiger partial charge in [0.15, 0.2) is 0 Å². The summed E-state index contributed by atoms with van der Waals surface area (Å²) in [4.78, 5) is 26.4. The smallest absolute Gasteiger partial charge is 0.309 e. The second-order valence-electron chi connectivity index (χ2n) is 11.9. The Kier molecular flexibility index (Phi) is 22.6. The van der Waals surface area contributed by atoms with Gasteiger partial charge in [0.1, 0.15) is 0 Å². The zero-order valence-electron chi connectivity index (χ0n) is 25.4. The van der Waals surface area contributed by atoms with Gasteiger partial charge < -0.3 is 10.0 Å². The van der Waals surface area contributed by atoms with Crippen molar-refractivity contribution in [1.82, 2.24) is 4.90 Å². The number of unbranched alkanes of at least 4 members (excludes halogenated alkanes) is 20. The van der Waals surface area contributed by atoms with Crippen molar-refractivity contribution in [2.75, 3.05) is 6.54 Å². The molecule has 4 nitrogen and oxygen atoms in total.